The number of benzene rings is 2. The number of rotatable bonds is 3. The molecule has 0 atom stereocenters. The molecule has 0 heterocycles. The Labute approximate surface area is 137 Å². The number of aryl methyl sites for hydroxylation is 1. The second kappa shape index (κ2) is 6.40. The van der Waals surface area contributed by atoms with Crippen LogP contribution in [0.4, 0.5) is 18.9 Å². The molecular formula is C15H12Br2F3N. The molecule has 0 aliphatic rings. The zero-order valence-electron chi connectivity index (χ0n) is 11.1. The molecule has 0 saturated carbocycles. The highest BCUT2D eigenvalue weighted by Crippen LogP contribution is 2.36. The molecule has 2 aromatic carbocycles. The Morgan fingerprint density at radius 2 is 1.67 bits per heavy atom. The molecule has 0 aromatic heterocycles. The van der Waals surface area contributed by atoms with Crippen molar-refractivity contribution in [1.82, 2.24) is 0 Å². The van der Waals surface area contributed by atoms with Gasteiger partial charge in [-0.1, -0.05) is 44.0 Å². The summed E-state index contributed by atoms with van der Waals surface area (Å²) in [5, 5.41) is 3.01. The molecule has 0 spiro atoms. The van der Waals surface area contributed by atoms with Gasteiger partial charge in [0, 0.05) is 21.2 Å². The zero-order chi connectivity index (χ0) is 15.6. The van der Waals surface area contributed by atoms with E-state index < -0.39 is 11.7 Å². The van der Waals surface area contributed by atoms with Crippen LogP contribution in [-0.4, -0.2) is 0 Å². The third kappa shape index (κ3) is 4.23. The van der Waals surface area contributed by atoms with Crippen LogP contribution >= 0.6 is 31.9 Å². The second-order valence-electron chi connectivity index (χ2n) is 4.63. The number of halogens is 5. The van der Waals surface area contributed by atoms with E-state index in [2.05, 4.69) is 37.2 Å². The van der Waals surface area contributed by atoms with Crippen molar-refractivity contribution in [3.63, 3.8) is 0 Å². The minimum absolute atomic E-state index is 0.0417. The van der Waals surface area contributed by atoms with Gasteiger partial charge in [0.1, 0.15) is 0 Å². The summed E-state index contributed by atoms with van der Waals surface area (Å²) in [6.07, 6.45) is -4.37. The molecule has 0 radical (unpaired) electrons. The monoisotopic (exact) mass is 421 g/mol. The van der Waals surface area contributed by atoms with Gasteiger partial charge in [-0.05, 0) is 42.3 Å². The van der Waals surface area contributed by atoms with E-state index in [9.17, 15) is 13.2 Å². The maximum Gasteiger partial charge on any atom is 0.417 e. The van der Waals surface area contributed by atoms with E-state index >= 15 is 0 Å². The first kappa shape index (κ1) is 16.4. The molecule has 0 aliphatic carbocycles. The molecule has 0 unspecified atom stereocenters. The summed E-state index contributed by atoms with van der Waals surface area (Å²) >= 11 is 6.34. The Balaban J connectivity index is 2.15. The maximum atomic E-state index is 12.8. The van der Waals surface area contributed by atoms with Crippen molar-refractivity contribution in [1.29, 1.82) is 0 Å². The van der Waals surface area contributed by atoms with Crippen molar-refractivity contribution in [2.75, 3.05) is 5.32 Å². The highest BCUT2D eigenvalue weighted by molar-refractivity contribution is 9.10. The van der Waals surface area contributed by atoms with Crippen molar-refractivity contribution >= 4 is 37.5 Å². The first-order chi connectivity index (χ1) is 9.77. The van der Waals surface area contributed by atoms with Crippen LogP contribution in [-0.2, 0) is 12.7 Å². The standard InChI is InChI=1S/C15H12Br2F3N/c1-9-6-10(2-4-13(9)16)8-21-11-3-5-14(17)12(7-11)15(18,19)20/h2-7,21H,8H2,1H3. The number of nitrogens with one attached hydrogen (secondary N) is 1. The summed E-state index contributed by atoms with van der Waals surface area (Å²) in [5.74, 6) is 0. The Morgan fingerprint density at radius 3 is 2.29 bits per heavy atom. The van der Waals surface area contributed by atoms with E-state index in [1.54, 1.807) is 6.07 Å². The van der Waals surface area contributed by atoms with Crippen LogP contribution in [0.25, 0.3) is 0 Å². The molecular weight excluding hydrogens is 411 g/mol. The molecule has 0 saturated heterocycles. The Morgan fingerprint density at radius 1 is 1.00 bits per heavy atom. The molecule has 1 nitrogen and oxygen atoms in total. The smallest absolute Gasteiger partial charge is 0.381 e. The van der Waals surface area contributed by atoms with E-state index in [1.165, 1.54) is 6.07 Å². The van der Waals surface area contributed by atoms with Crippen LogP contribution in [0.1, 0.15) is 16.7 Å². The lowest BCUT2D eigenvalue weighted by atomic mass is 10.1. The fourth-order valence-corrected chi connectivity index (χ4v) is 2.59. The molecule has 0 aliphatic heterocycles. The van der Waals surface area contributed by atoms with Gasteiger partial charge >= 0.3 is 6.18 Å². The van der Waals surface area contributed by atoms with Crippen LogP contribution in [0, 0.1) is 6.92 Å². The molecule has 2 aromatic rings. The third-order valence-electron chi connectivity index (χ3n) is 2.99. The van der Waals surface area contributed by atoms with Gasteiger partial charge in [-0.2, -0.15) is 13.2 Å². The molecule has 6 heteroatoms. The fraction of sp³-hybridized carbons (Fsp3) is 0.200. The minimum atomic E-state index is -4.37. The van der Waals surface area contributed by atoms with E-state index in [-0.39, 0.29) is 4.47 Å². The van der Waals surface area contributed by atoms with E-state index in [0.29, 0.717) is 12.2 Å². The number of hydrogen-bond donors (Lipinski definition) is 1. The predicted octanol–water partition coefficient (Wildman–Crippen LogP) is 6.15. The van der Waals surface area contributed by atoms with Gasteiger partial charge in [0.05, 0.1) is 5.56 Å². The quantitative estimate of drug-likeness (QED) is 0.625. The maximum absolute atomic E-state index is 12.8. The highest BCUT2D eigenvalue weighted by atomic mass is 79.9. The highest BCUT2D eigenvalue weighted by Gasteiger charge is 2.33. The predicted molar refractivity (Wildman–Crippen MR) is 85.3 cm³/mol. The van der Waals surface area contributed by atoms with Gasteiger partial charge in [0.15, 0.2) is 0 Å². The zero-order valence-corrected chi connectivity index (χ0v) is 14.2. The fourth-order valence-electron chi connectivity index (χ4n) is 1.87. The lowest BCUT2D eigenvalue weighted by Gasteiger charge is -2.13. The van der Waals surface area contributed by atoms with Crippen molar-refractivity contribution < 1.29 is 13.2 Å². The van der Waals surface area contributed by atoms with Gasteiger partial charge in [0.2, 0.25) is 0 Å². The lowest BCUT2D eigenvalue weighted by Crippen LogP contribution is -2.07. The minimum Gasteiger partial charge on any atom is -0.381 e. The van der Waals surface area contributed by atoms with Gasteiger partial charge in [0.25, 0.3) is 0 Å². The summed E-state index contributed by atoms with van der Waals surface area (Å²) in [7, 11) is 0. The molecule has 2 rings (SSSR count). The first-order valence-electron chi connectivity index (χ1n) is 6.13. The largest absolute Gasteiger partial charge is 0.417 e. The van der Waals surface area contributed by atoms with Crippen LogP contribution in [0.5, 0.6) is 0 Å². The SMILES string of the molecule is Cc1cc(CNc2ccc(Br)c(C(F)(F)F)c2)ccc1Br. The van der Waals surface area contributed by atoms with Crippen LogP contribution in [0.15, 0.2) is 45.3 Å². The van der Waals surface area contributed by atoms with Crippen molar-refractivity contribution in [3.8, 4) is 0 Å². The number of anilines is 1. The molecule has 21 heavy (non-hydrogen) atoms. The summed E-state index contributed by atoms with van der Waals surface area (Å²) in [5.41, 5.74) is 1.85. The topological polar surface area (TPSA) is 12.0 Å². The summed E-state index contributed by atoms with van der Waals surface area (Å²) < 4.78 is 39.5. The van der Waals surface area contributed by atoms with Crippen molar-refractivity contribution in [2.45, 2.75) is 19.6 Å². The average Bonchev–Trinajstić information content (AvgIpc) is 2.40. The molecule has 0 bridgehead atoms. The van der Waals surface area contributed by atoms with Gasteiger partial charge in [-0.3, -0.25) is 0 Å². The molecule has 0 amide bonds. The van der Waals surface area contributed by atoms with Gasteiger partial charge < -0.3 is 5.32 Å². The number of hydrogen-bond acceptors (Lipinski definition) is 1. The van der Waals surface area contributed by atoms with Crippen molar-refractivity contribution in [2.24, 2.45) is 0 Å². The average molecular weight is 423 g/mol. The summed E-state index contributed by atoms with van der Waals surface area (Å²) in [6, 6.07) is 9.96. The van der Waals surface area contributed by atoms with E-state index in [0.717, 1.165) is 21.7 Å². The first-order valence-corrected chi connectivity index (χ1v) is 7.71. The lowest BCUT2D eigenvalue weighted by molar-refractivity contribution is -0.138. The van der Waals surface area contributed by atoms with Gasteiger partial charge in [-0.15, -0.1) is 0 Å². The molecule has 1 N–H and O–H groups in total. The van der Waals surface area contributed by atoms with Gasteiger partial charge in [-0.25, -0.2) is 0 Å². The van der Waals surface area contributed by atoms with Crippen LogP contribution in [0.3, 0.4) is 0 Å². The van der Waals surface area contributed by atoms with E-state index in [1.807, 2.05) is 25.1 Å². The van der Waals surface area contributed by atoms with E-state index in [4.69, 9.17) is 0 Å². The Hall–Kier alpha value is -1.01. The summed E-state index contributed by atoms with van der Waals surface area (Å²) in [6.45, 7) is 2.43. The number of alkyl halides is 3. The van der Waals surface area contributed by atoms with Crippen LogP contribution < -0.4 is 5.32 Å². The Kier molecular flexibility index (Phi) is 4.99. The summed E-state index contributed by atoms with van der Waals surface area (Å²) in [4.78, 5) is 0. The van der Waals surface area contributed by atoms with Crippen LogP contribution in [0.2, 0.25) is 0 Å². The second-order valence-corrected chi connectivity index (χ2v) is 6.34. The van der Waals surface area contributed by atoms with Crippen molar-refractivity contribution in [3.05, 3.63) is 62.0 Å². The molecule has 112 valence electrons. The molecule has 0 fully saturated rings. The normalized spacial score (nSPS) is 11.5. The Bertz CT molecular complexity index is 654. The third-order valence-corrected chi connectivity index (χ3v) is 4.57.